The van der Waals surface area contributed by atoms with Gasteiger partial charge in [-0.05, 0) is 80.0 Å². The lowest BCUT2D eigenvalue weighted by molar-refractivity contribution is 0.620. The highest BCUT2D eigenvalue weighted by atomic mass is 16.3. The van der Waals surface area contributed by atoms with E-state index in [0.29, 0.717) is 5.89 Å². The normalized spacial score (nSPS) is 11.5. The molecule has 2 nitrogen and oxygen atoms in total. The van der Waals surface area contributed by atoms with Gasteiger partial charge in [-0.15, -0.1) is 0 Å². The molecule has 0 unspecified atom stereocenters. The van der Waals surface area contributed by atoms with Crippen LogP contribution in [0.15, 0.2) is 126 Å². The molecule has 0 aliphatic rings. The minimum absolute atomic E-state index is 0.648. The SMILES string of the molecule is CCc1ccc2c(-c3ccc(-c4nc5ccccc5o4)cc3)c3ccccc3c(-c3ccccc3)c2c1. The Kier molecular flexibility index (Phi) is 5.11. The van der Waals surface area contributed by atoms with E-state index in [4.69, 9.17) is 4.42 Å². The van der Waals surface area contributed by atoms with Crippen molar-refractivity contribution in [1.82, 2.24) is 4.98 Å². The van der Waals surface area contributed by atoms with Crippen molar-refractivity contribution < 1.29 is 4.42 Å². The molecule has 0 N–H and O–H groups in total. The fraction of sp³-hybridized carbons (Fsp3) is 0.0571. The number of nitrogens with zero attached hydrogens (tertiary/aromatic N) is 1. The zero-order chi connectivity index (χ0) is 24.8. The molecule has 7 aromatic rings. The van der Waals surface area contributed by atoms with Crippen molar-refractivity contribution in [2.24, 2.45) is 0 Å². The van der Waals surface area contributed by atoms with E-state index in [0.717, 1.165) is 23.1 Å². The highest BCUT2D eigenvalue weighted by molar-refractivity contribution is 6.21. The minimum atomic E-state index is 0.648. The molecule has 0 bridgehead atoms. The molecular weight excluding hydrogens is 450 g/mol. The fourth-order valence-corrected chi connectivity index (χ4v) is 5.45. The third-order valence-electron chi connectivity index (χ3n) is 7.27. The maximum atomic E-state index is 6.02. The van der Waals surface area contributed by atoms with Crippen LogP contribution in [0, 0.1) is 0 Å². The van der Waals surface area contributed by atoms with Gasteiger partial charge in [0, 0.05) is 5.56 Å². The van der Waals surface area contributed by atoms with Gasteiger partial charge >= 0.3 is 0 Å². The second kappa shape index (κ2) is 8.76. The number of fused-ring (bicyclic) bond motifs is 3. The average Bonchev–Trinajstić information content (AvgIpc) is 3.40. The van der Waals surface area contributed by atoms with Gasteiger partial charge in [0.2, 0.25) is 5.89 Å². The van der Waals surface area contributed by atoms with Crippen LogP contribution in [0.3, 0.4) is 0 Å². The lowest BCUT2D eigenvalue weighted by Gasteiger charge is -2.18. The Labute approximate surface area is 215 Å². The van der Waals surface area contributed by atoms with Crippen LogP contribution in [0.2, 0.25) is 0 Å². The molecule has 176 valence electrons. The summed E-state index contributed by atoms with van der Waals surface area (Å²) in [7, 11) is 0. The van der Waals surface area contributed by atoms with Crippen molar-refractivity contribution in [3.8, 4) is 33.7 Å². The first-order valence-electron chi connectivity index (χ1n) is 12.8. The third kappa shape index (κ3) is 3.61. The number of para-hydroxylation sites is 2. The zero-order valence-electron chi connectivity index (χ0n) is 20.6. The van der Waals surface area contributed by atoms with E-state index in [1.165, 1.54) is 49.4 Å². The molecular formula is C35H25NO. The van der Waals surface area contributed by atoms with Gasteiger partial charge in [0.1, 0.15) is 5.52 Å². The molecule has 6 aromatic carbocycles. The summed E-state index contributed by atoms with van der Waals surface area (Å²) in [5.74, 6) is 0.648. The number of aryl methyl sites for hydroxylation is 1. The predicted octanol–water partition coefficient (Wildman–Crippen LogP) is 9.70. The molecule has 37 heavy (non-hydrogen) atoms. The predicted molar refractivity (Wildman–Crippen MR) is 155 cm³/mol. The van der Waals surface area contributed by atoms with Crippen LogP contribution in [0.25, 0.3) is 66.4 Å². The van der Waals surface area contributed by atoms with Gasteiger partial charge in [-0.25, -0.2) is 4.98 Å². The van der Waals surface area contributed by atoms with Crippen LogP contribution in [0.4, 0.5) is 0 Å². The molecule has 0 saturated heterocycles. The summed E-state index contributed by atoms with van der Waals surface area (Å²) in [6.07, 6.45) is 1.01. The van der Waals surface area contributed by atoms with Crippen LogP contribution in [0.5, 0.6) is 0 Å². The Morgan fingerprint density at radius 3 is 1.86 bits per heavy atom. The van der Waals surface area contributed by atoms with Gasteiger partial charge in [0.15, 0.2) is 5.58 Å². The van der Waals surface area contributed by atoms with Crippen LogP contribution >= 0.6 is 0 Å². The molecule has 0 aliphatic carbocycles. The van der Waals surface area contributed by atoms with Gasteiger partial charge in [-0.3, -0.25) is 0 Å². The summed E-state index contributed by atoms with van der Waals surface area (Å²) >= 11 is 0. The molecule has 0 aliphatic heterocycles. The summed E-state index contributed by atoms with van der Waals surface area (Å²) in [4.78, 5) is 4.68. The van der Waals surface area contributed by atoms with Gasteiger partial charge in [0.25, 0.3) is 0 Å². The van der Waals surface area contributed by atoms with Gasteiger partial charge in [0.05, 0.1) is 0 Å². The quantitative estimate of drug-likeness (QED) is 0.237. The summed E-state index contributed by atoms with van der Waals surface area (Å²) in [5, 5.41) is 5.09. The minimum Gasteiger partial charge on any atom is -0.436 e. The lowest BCUT2D eigenvalue weighted by Crippen LogP contribution is -1.92. The van der Waals surface area contributed by atoms with Crippen molar-refractivity contribution in [2.75, 3.05) is 0 Å². The van der Waals surface area contributed by atoms with Gasteiger partial charge in [-0.1, -0.05) is 104 Å². The number of hydrogen-bond acceptors (Lipinski definition) is 2. The highest BCUT2D eigenvalue weighted by Crippen LogP contribution is 2.44. The average molecular weight is 476 g/mol. The molecule has 0 atom stereocenters. The standard InChI is InChI=1S/C35H25NO/c1-2-23-16-21-29-30(22-23)34(24-10-4-3-5-11-24)28-13-7-6-12-27(28)33(29)25-17-19-26(20-18-25)35-36-31-14-8-9-15-32(31)37-35/h3-22H,2H2,1H3. The van der Waals surface area contributed by atoms with E-state index in [1.807, 2.05) is 24.3 Å². The Morgan fingerprint density at radius 2 is 1.14 bits per heavy atom. The second-order valence-electron chi connectivity index (χ2n) is 9.46. The van der Waals surface area contributed by atoms with Crippen molar-refractivity contribution >= 4 is 32.6 Å². The molecule has 1 aromatic heterocycles. The number of aromatic nitrogens is 1. The molecule has 0 fully saturated rings. The largest absolute Gasteiger partial charge is 0.436 e. The fourth-order valence-electron chi connectivity index (χ4n) is 5.45. The van der Waals surface area contributed by atoms with E-state index < -0.39 is 0 Å². The Bertz CT molecular complexity index is 1860. The Morgan fingerprint density at radius 1 is 0.541 bits per heavy atom. The second-order valence-corrected chi connectivity index (χ2v) is 9.46. The monoisotopic (exact) mass is 475 g/mol. The zero-order valence-corrected chi connectivity index (χ0v) is 20.6. The molecule has 7 rings (SSSR count). The van der Waals surface area contributed by atoms with Crippen LogP contribution in [0.1, 0.15) is 12.5 Å². The van der Waals surface area contributed by atoms with Crippen LogP contribution in [-0.4, -0.2) is 4.98 Å². The van der Waals surface area contributed by atoms with E-state index in [9.17, 15) is 0 Å². The number of hydrogen-bond donors (Lipinski definition) is 0. The van der Waals surface area contributed by atoms with Crippen molar-refractivity contribution in [1.29, 1.82) is 0 Å². The van der Waals surface area contributed by atoms with Crippen molar-refractivity contribution in [3.63, 3.8) is 0 Å². The number of benzene rings is 6. The lowest BCUT2D eigenvalue weighted by atomic mass is 9.85. The molecule has 0 spiro atoms. The molecule has 0 radical (unpaired) electrons. The molecule has 0 amide bonds. The van der Waals surface area contributed by atoms with E-state index in [-0.39, 0.29) is 0 Å². The highest BCUT2D eigenvalue weighted by Gasteiger charge is 2.17. The first-order valence-corrected chi connectivity index (χ1v) is 12.8. The van der Waals surface area contributed by atoms with Crippen molar-refractivity contribution in [2.45, 2.75) is 13.3 Å². The molecule has 1 heterocycles. The number of rotatable bonds is 4. The molecule has 2 heteroatoms. The van der Waals surface area contributed by atoms with E-state index >= 15 is 0 Å². The first kappa shape index (κ1) is 21.6. The summed E-state index contributed by atoms with van der Waals surface area (Å²) in [6.45, 7) is 2.22. The number of oxazole rings is 1. The van der Waals surface area contributed by atoms with Gasteiger partial charge < -0.3 is 4.42 Å². The smallest absolute Gasteiger partial charge is 0.227 e. The molecule has 0 saturated carbocycles. The van der Waals surface area contributed by atoms with E-state index in [1.54, 1.807) is 0 Å². The van der Waals surface area contributed by atoms with Gasteiger partial charge in [-0.2, -0.15) is 0 Å². The maximum absolute atomic E-state index is 6.02. The third-order valence-corrected chi connectivity index (χ3v) is 7.27. The summed E-state index contributed by atoms with van der Waals surface area (Å²) in [6, 6.07) is 43.0. The Balaban J connectivity index is 1.48. The topological polar surface area (TPSA) is 26.0 Å². The summed E-state index contributed by atoms with van der Waals surface area (Å²) in [5.41, 5.74) is 8.99. The first-order chi connectivity index (χ1) is 18.3. The van der Waals surface area contributed by atoms with Crippen LogP contribution in [-0.2, 0) is 6.42 Å². The Hall–Kier alpha value is -4.69. The summed E-state index contributed by atoms with van der Waals surface area (Å²) < 4.78 is 6.02. The van der Waals surface area contributed by atoms with E-state index in [2.05, 4.69) is 109 Å². The maximum Gasteiger partial charge on any atom is 0.227 e. The van der Waals surface area contributed by atoms with Crippen LogP contribution < -0.4 is 0 Å². The van der Waals surface area contributed by atoms with Crippen molar-refractivity contribution in [3.05, 3.63) is 127 Å².